The fraction of sp³-hybridized carbons (Fsp3) is 0. The molecule has 0 aliphatic heterocycles. The Balaban J connectivity index is 1.94. The van der Waals surface area contributed by atoms with Crippen molar-refractivity contribution in [2.45, 2.75) is 0 Å². The first kappa shape index (κ1) is 12.8. The molecule has 0 atom stereocenters. The number of fused-ring (bicyclic) bond motifs is 1. The quantitative estimate of drug-likeness (QED) is 0.660. The lowest BCUT2D eigenvalue weighted by Crippen LogP contribution is -1.88. The van der Waals surface area contributed by atoms with Gasteiger partial charge in [-0.25, -0.2) is 0 Å². The van der Waals surface area contributed by atoms with Gasteiger partial charge in [-0.1, -0.05) is 28.1 Å². The molecule has 20 heavy (non-hydrogen) atoms. The molecule has 0 saturated carbocycles. The van der Waals surface area contributed by atoms with Crippen LogP contribution in [0.15, 0.2) is 59.3 Å². The second-order valence-electron chi connectivity index (χ2n) is 4.33. The van der Waals surface area contributed by atoms with Gasteiger partial charge in [0.1, 0.15) is 11.5 Å². The Kier molecular flexibility index (Phi) is 3.48. The summed E-state index contributed by atoms with van der Waals surface area (Å²) in [4.78, 5) is 14.7. The molecule has 4 heteroatoms. The molecule has 0 fully saturated rings. The Hall–Kier alpha value is -2.20. The smallest absolute Gasteiger partial charge is 0.151 e. The van der Waals surface area contributed by atoms with Gasteiger partial charge in [0.2, 0.25) is 0 Å². The molecule has 2 aromatic carbocycles. The van der Waals surface area contributed by atoms with E-state index in [0.29, 0.717) is 17.1 Å². The van der Waals surface area contributed by atoms with Crippen molar-refractivity contribution in [3.8, 4) is 11.5 Å². The lowest BCUT2D eigenvalue weighted by Gasteiger charge is -2.07. The van der Waals surface area contributed by atoms with E-state index in [1.54, 1.807) is 12.3 Å². The number of ether oxygens (including phenoxy) is 1. The monoisotopic (exact) mass is 327 g/mol. The van der Waals surface area contributed by atoms with Crippen LogP contribution in [0, 0.1) is 0 Å². The lowest BCUT2D eigenvalue weighted by atomic mass is 10.1. The van der Waals surface area contributed by atoms with E-state index in [1.807, 2.05) is 36.4 Å². The second kappa shape index (κ2) is 5.43. The largest absolute Gasteiger partial charge is 0.456 e. The normalized spacial score (nSPS) is 10.4. The first-order chi connectivity index (χ1) is 9.74. The van der Waals surface area contributed by atoms with E-state index in [4.69, 9.17) is 4.74 Å². The van der Waals surface area contributed by atoms with Crippen LogP contribution in [0.4, 0.5) is 0 Å². The van der Waals surface area contributed by atoms with Crippen LogP contribution in [0.5, 0.6) is 11.5 Å². The van der Waals surface area contributed by atoms with Crippen LogP contribution in [0.1, 0.15) is 10.4 Å². The van der Waals surface area contributed by atoms with Gasteiger partial charge in [0, 0.05) is 16.2 Å². The van der Waals surface area contributed by atoms with E-state index in [1.165, 1.54) is 6.20 Å². The summed E-state index contributed by atoms with van der Waals surface area (Å²) in [5.74, 6) is 1.26. The minimum Gasteiger partial charge on any atom is -0.456 e. The van der Waals surface area contributed by atoms with Crippen LogP contribution < -0.4 is 4.74 Å². The molecule has 3 rings (SSSR count). The molecule has 0 aliphatic rings. The number of halogens is 1. The molecule has 98 valence electrons. The highest BCUT2D eigenvalue weighted by atomic mass is 79.9. The Morgan fingerprint density at radius 3 is 2.60 bits per heavy atom. The van der Waals surface area contributed by atoms with E-state index in [9.17, 15) is 4.79 Å². The Labute approximate surface area is 124 Å². The molecule has 1 heterocycles. The van der Waals surface area contributed by atoms with Gasteiger partial charge in [-0.3, -0.25) is 9.78 Å². The highest BCUT2D eigenvalue weighted by molar-refractivity contribution is 9.10. The molecule has 0 amide bonds. The van der Waals surface area contributed by atoms with Crippen LogP contribution in [0.3, 0.4) is 0 Å². The fourth-order valence-corrected chi connectivity index (χ4v) is 2.33. The summed E-state index contributed by atoms with van der Waals surface area (Å²) in [7, 11) is 0. The third-order valence-electron chi connectivity index (χ3n) is 2.88. The van der Waals surface area contributed by atoms with Gasteiger partial charge in [0.05, 0.1) is 6.20 Å². The molecule has 0 bridgehead atoms. The van der Waals surface area contributed by atoms with Crippen molar-refractivity contribution >= 4 is 33.0 Å². The molecule has 0 spiro atoms. The lowest BCUT2D eigenvalue weighted by molar-refractivity contribution is 0.112. The summed E-state index contributed by atoms with van der Waals surface area (Å²) in [6, 6.07) is 13.6. The molecule has 3 aromatic rings. The Bertz CT molecular complexity index is 786. The first-order valence-electron chi connectivity index (χ1n) is 6.02. The average Bonchev–Trinajstić information content (AvgIpc) is 2.47. The van der Waals surface area contributed by atoms with Crippen LogP contribution in [0.2, 0.25) is 0 Å². The van der Waals surface area contributed by atoms with Crippen molar-refractivity contribution in [2.75, 3.05) is 0 Å². The van der Waals surface area contributed by atoms with Crippen molar-refractivity contribution in [1.29, 1.82) is 0 Å². The number of nitrogens with zero attached hydrogens (tertiary/aromatic N) is 1. The van der Waals surface area contributed by atoms with Gasteiger partial charge in [-0.15, -0.1) is 0 Å². The van der Waals surface area contributed by atoms with Crippen molar-refractivity contribution in [3.05, 3.63) is 64.9 Å². The number of hydrogen-bond acceptors (Lipinski definition) is 3. The molecule has 0 aliphatic carbocycles. The second-order valence-corrected chi connectivity index (χ2v) is 5.24. The van der Waals surface area contributed by atoms with Gasteiger partial charge >= 0.3 is 0 Å². The highest BCUT2D eigenvalue weighted by Crippen LogP contribution is 2.27. The van der Waals surface area contributed by atoms with Gasteiger partial charge in [0.25, 0.3) is 0 Å². The molecule has 0 unspecified atom stereocenters. The number of benzene rings is 2. The summed E-state index contributed by atoms with van der Waals surface area (Å²) in [5, 5.41) is 2.22. The summed E-state index contributed by atoms with van der Waals surface area (Å²) in [6.07, 6.45) is 3.83. The van der Waals surface area contributed by atoms with Crippen LogP contribution in [-0.2, 0) is 0 Å². The van der Waals surface area contributed by atoms with Crippen molar-refractivity contribution in [3.63, 3.8) is 0 Å². The minimum atomic E-state index is 0.493. The van der Waals surface area contributed by atoms with Crippen LogP contribution in [-0.4, -0.2) is 11.3 Å². The molecule has 1 aromatic heterocycles. The number of pyridine rings is 1. The van der Waals surface area contributed by atoms with E-state index < -0.39 is 0 Å². The number of carbonyl (C=O) groups excluding carboxylic acids is 1. The maximum atomic E-state index is 10.7. The van der Waals surface area contributed by atoms with Gasteiger partial charge < -0.3 is 4.74 Å². The molecule has 0 N–H and O–H groups in total. The van der Waals surface area contributed by atoms with E-state index >= 15 is 0 Å². The number of rotatable bonds is 3. The van der Waals surface area contributed by atoms with Crippen molar-refractivity contribution in [2.24, 2.45) is 0 Å². The van der Waals surface area contributed by atoms with Gasteiger partial charge in [0.15, 0.2) is 6.29 Å². The first-order valence-corrected chi connectivity index (χ1v) is 6.81. The highest BCUT2D eigenvalue weighted by Gasteiger charge is 2.02. The van der Waals surface area contributed by atoms with Gasteiger partial charge in [-0.05, 0) is 41.1 Å². The summed E-state index contributed by atoms with van der Waals surface area (Å²) >= 11 is 3.45. The standard InChI is InChI=1S/C16H10BrNO2/c17-14-3-1-13-7-15(4-2-12(13)6-14)20-16-5-11(10-19)8-18-9-16/h1-10H. The molecule has 0 radical (unpaired) electrons. The maximum absolute atomic E-state index is 10.7. The molecule has 0 saturated heterocycles. The van der Waals surface area contributed by atoms with Crippen LogP contribution in [0.25, 0.3) is 10.8 Å². The molecule has 3 nitrogen and oxygen atoms in total. The van der Waals surface area contributed by atoms with E-state index in [0.717, 1.165) is 21.5 Å². The Morgan fingerprint density at radius 2 is 1.75 bits per heavy atom. The number of aldehydes is 1. The predicted octanol–water partition coefficient (Wildman–Crippen LogP) is 4.60. The zero-order valence-corrected chi connectivity index (χ0v) is 12.0. The Morgan fingerprint density at radius 1 is 0.950 bits per heavy atom. The van der Waals surface area contributed by atoms with Gasteiger partial charge in [-0.2, -0.15) is 0 Å². The molecular formula is C16H10BrNO2. The number of carbonyl (C=O) groups is 1. The van der Waals surface area contributed by atoms with E-state index in [2.05, 4.69) is 20.9 Å². The van der Waals surface area contributed by atoms with E-state index in [-0.39, 0.29) is 0 Å². The third kappa shape index (κ3) is 2.70. The number of aromatic nitrogens is 1. The summed E-state index contributed by atoms with van der Waals surface area (Å²) in [6.45, 7) is 0. The van der Waals surface area contributed by atoms with Crippen LogP contribution >= 0.6 is 15.9 Å². The summed E-state index contributed by atoms with van der Waals surface area (Å²) < 4.78 is 6.77. The van der Waals surface area contributed by atoms with Crippen molar-refractivity contribution < 1.29 is 9.53 Å². The van der Waals surface area contributed by atoms with Crippen molar-refractivity contribution in [1.82, 2.24) is 4.98 Å². The topological polar surface area (TPSA) is 39.2 Å². The molecular weight excluding hydrogens is 318 g/mol. The summed E-state index contributed by atoms with van der Waals surface area (Å²) in [5.41, 5.74) is 0.493. The fourth-order valence-electron chi connectivity index (χ4n) is 1.95. The zero-order chi connectivity index (χ0) is 13.9. The minimum absolute atomic E-state index is 0.493. The predicted molar refractivity (Wildman–Crippen MR) is 81.3 cm³/mol. The zero-order valence-electron chi connectivity index (χ0n) is 10.4. The average molecular weight is 328 g/mol. The SMILES string of the molecule is O=Cc1cncc(Oc2ccc3cc(Br)ccc3c2)c1. The maximum Gasteiger partial charge on any atom is 0.151 e. The third-order valence-corrected chi connectivity index (χ3v) is 3.37. The number of hydrogen-bond donors (Lipinski definition) is 0.